The molecule has 5 heteroatoms. The fraction of sp³-hybridized carbons (Fsp3) is 0.300. The molecule has 25 heavy (non-hydrogen) atoms. The average molecular weight is 360 g/mol. The molecule has 0 fully saturated rings. The topological polar surface area (TPSA) is 55.4 Å². The van der Waals surface area contributed by atoms with Crippen LogP contribution in [0.25, 0.3) is 0 Å². The van der Waals surface area contributed by atoms with E-state index in [-0.39, 0.29) is 17.4 Å². The van der Waals surface area contributed by atoms with Crippen molar-refractivity contribution in [3.05, 3.63) is 70.7 Å². The molecule has 2 rings (SSSR count). The normalized spacial score (nSPS) is 12.9. The van der Waals surface area contributed by atoms with Gasteiger partial charge in [-0.05, 0) is 31.0 Å². The Hall–Kier alpha value is -2.33. The molecule has 2 aromatic carbocycles. The van der Waals surface area contributed by atoms with Gasteiger partial charge in [0, 0.05) is 12.5 Å². The van der Waals surface area contributed by atoms with Crippen molar-refractivity contribution in [3.63, 3.8) is 0 Å². The first-order valence-electron chi connectivity index (χ1n) is 8.31. The average Bonchev–Trinajstić information content (AvgIpc) is 2.63. The number of hydrogen-bond acceptors (Lipinski definition) is 3. The van der Waals surface area contributed by atoms with E-state index in [0.29, 0.717) is 11.6 Å². The highest BCUT2D eigenvalue weighted by atomic mass is 35.5. The van der Waals surface area contributed by atoms with E-state index in [4.69, 9.17) is 16.3 Å². The van der Waals surface area contributed by atoms with Gasteiger partial charge in [-0.1, -0.05) is 61.0 Å². The van der Waals surface area contributed by atoms with Gasteiger partial charge in [0.25, 0.3) is 5.91 Å². The second kappa shape index (κ2) is 9.23. The molecule has 0 aliphatic carbocycles. The maximum Gasteiger partial charge on any atom is 0.340 e. The summed E-state index contributed by atoms with van der Waals surface area (Å²) >= 11 is 5.97. The molecule has 0 bridgehead atoms. The Morgan fingerprint density at radius 1 is 1.08 bits per heavy atom. The monoisotopic (exact) mass is 359 g/mol. The van der Waals surface area contributed by atoms with E-state index in [1.165, 1.54) is 5.56 Å². The molecule has 2 atom stereocenters. The highest BCUT2D eigenvalue weighted by Crippen LogP contribution is 2.19. The standard InChI is InChI=1S/C20H22ClNO3/c1-3-15(16-9-5-4-6-10-16)13-22-19(23)14(2)25-20(24)17-11-7-8-12-18(17)21/h4-12,14-15H,3,13H2,1-2H3,(H,22,23)/t14-,15+/m1/s1. The molecule has 0 spiro atoms. The molecular formula is C20H22ClNO3. The lowest BCUT2D eigenvalue weighted by molar-refractivity contribution is -0.129. The smallest absolute Gasteiger partial charge is 0.340 e. The van der Waals surface area contributed by atoms with Crippen molar-refractivity contribution in [3.8, 4) is 0 Å². The molecule has 1 N–H and O–H groups in total. The van der Waals surface area contributed by atoms with Gasteiger partial charge in [-0.15, -0.1) is 0 Å². The summed E-state index contributed by atoms with van der Waals surface area (Å²) in [6.07, 6.45) is 0.00926. The van der Waals surface area contributed by atoms with Crippen molar-refractivity contribution in [1.82, 2.24) is 5.32 Å². The van der Waals surface area contributed by atoms with Gasteiger partial charge < -0.3 is 10.1 Å². The zero-order valence-electron chi connectivity index (χ0n) is 14.4. The molecule has 2 aromatic rings. The molecule has 0 saturated carbocycles. The Kier molecular flexibility index (Phi) is 7.02. The van der Waals surface area contributed by atoms with Crippen molar-refractivity contribution in [2.24, 2.45) is 0 Å². The minimum atomic E-state index is -0.892. The molecule has 0 heterocycles. The molecule has 4 nitrogen and oxygen atoms in total. The molecule has 0 saturated heterocycles. The lowest BCUT2D eigenvalue weighted by Crippen LogP contribution is -2.38. The van der Waals surface area contributed by atoms with Crippen LogP contribution in [0.15, 0.2) is 54.6 Å². The van der Waals surface area contributed by atoms with Crippen LogP contribution in [0, 0.1) is 0 Å². The molecule has 0 radical (unpaired) electrons. The van der Waals surface area contributed by atoms with Gasteiger partial charge in [0.1, 0.15) is 0 Å². The summed E-state index contributed by atoms with van der Waals surface area (Å²) in [6.45, 7) is 4.12. The Balaban J connectivity index is 1.90. The summed E-state index contributed by atoms with van der Waals surface area (Å²) in [5, 5.41) is 3.16. The van der Waals surface area contributed by atoms with Gasteiger partial charge in [-0.3, -0.25) is 4.79 Å². The first-order chi connectivity index (χ1) is 12.0. The number of carbonyl (C=O) groups excluding carboxylic acids is 2. The van der Waals surface area contributed by atoms with Crippen LogP contribution in [0.3, 0.4) is 0 Å². The second-order valence-electron chi connectivity index (χ2n) is 5.79. The van der Waals surface area contributed by atoms with E-state index in [1.807, 2.05) is 30.3 Å². The van der Waals surface area contributed by atoms with E-state index >= 15 is 0 Å². The number of rotatable bonds is 7. The van der Waals surface area contributed by atoms with Gasteiger partial charge in [0.05, 0.1) is 10.6 Å². The maximum atomic E-state index is 12.2. The van der Waals surface area contributed by atoms with Crippen molar-refractivity contribution in [1.29, 1.82) is 0 Å². The van der Waals surface area contributed by atoms with Crippen LogP contribution in [0.5, 0.6) is 0 Å². The van der Waals surface area contributed by atoms with Gasteiger partial charge >= 0.3 is 5.97 Å². The largest absolute Gasteiger partial charge is 0.449 e. The minimum Gasteiger partial charge on any atom is -0.449 e. The van der Waals surface area contributed by atoms with Crippen LogP contribution in [-0.2, 0) is 9.53 Å². The van der Waals surface area contributed by atoms with Crippen LogP contribution >= 0.6 is 11.6 Å². The third kappa shape index (κ3) is 5.33. The fourth-order valence-corrected chi connectivity index (χ4v) is 2.71. The molecular weight excluding hydrogens is 338 g/mol. The zero-order valence-corrected chi connectivity index (χ0v) is 15.1. The van der Waals surface area contributed by atoms with Crippen LogP contribution < -0.4 is 5.32 Å². The van der Waals surface area contributed by atoms with Crippen LogP contribution in [0.4, 0.5) is 0 Å². The molecule has 1 amide bonds. The predicted octanol–water partition coefficient (Wildman–Crippen LogP) is 4.20. The molecule has 0 unspecified atom stereocenters. The summed E-state index contributed by atoms with van der Waals surface area (Å²) in [5.74, 6) is -0.713. The third-order valence-electron chi connectivity index (χ3n) is 4.03. The molecule has 132 valence electrons. The molecule has 0 aromatic heterocycles. The maximum absolute atomic E-state index is 12.2. The Morgan fingerprint density at radius 3 is 2.36 bits per heavy atom. The van der Waals surface area contributed by atoms with Crippen LogP contribution in [-0.4, -0.2) is 24.5 Å². The summed E-state index contributed by atoms with van der Waals surface area (Å²) in [6, 6.07) is 16.6. The van der Waals surface area contributed by atoms with Gasteiger partial charge in [0.15, 0.2) is 6.10 Å². The van der Waals surface area contributed by atoms with E-state index in [9.17, 15) is 9.59 Å². The van der Waals surface area contributed by atoms with E-state index in [0.717, 1.165) is 6.42 Å². The second-order valence-corrected chi connectivity index (χ2v) is 6.20. The van der Waals surface area contributed by atoms with Gasteiger partial charge in [-0.2, -0.15) is 0 Å². The highest BCUT2D eigenvalue weighted by molar-refractivity contribution is 6.33. The first-order valence-corrected chi connectivity index (χ1v) is 8.68. The van der Waals surface area contributed by atoms with Gasteiger partial charge in [-0.25, -0.2) is 4.79 Å². The SMILES string of the molecule is CC[C@@H](CNC(=O)[C@@H](C)OC(=O)c1ccccc1Cl)c1ccccc1. The van der Waals surface area contributed by atoms with Gasteiger partial charge in [0.2, 0.25) is 0 Å². The van der Waals surface area contributed by atoms with Crippen molar-refractivity contribution >= 4 is 23.5 Å². The summed E-state index contributed by atoms with van der Waals surface area (Å²) in [4.78, 5) is 24.3. The number of halogens is 1. The number of ether oxygens (including phenoxy) is 1. The highest BCUT2D eigenvalue weighted by Gasteiger charge is 2.21. The Morgan fingerprint density at radius 2 is 1.72 bits per heavy atom. The lowest BCUT2D eigenvalue weighted by atomic mass is 9.96. The number of hydrogen-bond donors (Lipinski definition) is 1. The quantitative estimate of drug-likeness (QED) is 0.754. The Labute approximate surface area is 153 Å². The van der Waals surface area contributed by atoms with Crippen LogP contribution in [0.2, 0.25) is 5.02 Å². The number of benzene rings is 2. The summed E-state index contributed by atoms with van der Waals surface area (Å²) in [5.41, 5.74) is 1.42. The number of esters is 1. The van der Waals surface area contributed by atoms with Crippen molar-refractivity contribution in [2.45, 2.75) is 32.3 Å². The lowest BCUT2D eigenvalue weighted by Gasteiger charge is -2.18. The molecule has 0 aliphatic rings. The molecule has 0 aliphatic heterocycles. The number of carbonyl (C=O) groups is 2. The summed E-state index contributed by atoms with van der Waals surface area (Å²) in [7, 11) is 0. The van der Waals surface area contributed by atoms with E-state index < -0.39 is 12.1 Å². The predicted molar refractivity (Wildman–Crippen MR) is 98.8 cm³/mol. The van der Waals surface area contributed by atoms with Crippen LogP contribution in [0.1, 0.15) is 42.1 Å². The Bertz CT molecular complexity index is 718. The fourth-order valence-electron chi connectivity index (χ4n) is 2.49. The van der Waals surface area contributed by atoms with E-state index in [1.54, 1.807) is 31.2 Å². The number of amides is 1. The number of nitrogens with one attached hydrogen (secondary N) is 1. The summed E-state index contributed by atoms with van der Waals surface area (Å²) < 4.78 is 5.22. The van der Waals surface area contributed by atoms with Crippen molar-refractivity contribution < 1.29 is 14.3 Å². The van der Waals surface area contributed by atoms with E-state index in [2.05, 4.69) is 12.2 Å². The van der Waals surface area contributed by atoms with Crippen molar-refractivity contribution in [2.75, 3.05) is 6.54 Å². The zero-order chi connectivity index (χ0) is 18.2. The third-order valence-corrected chi connectivity index (χ3v) is 4.36. The first kappa shape index (κ1) is 19.0. The minimum absolute atomic E-state index is 0.219.